The minimum atomic E-state index is -0.227. The second kappa shape index (κ2) is 5.09. The van der Waals surface area contributed by atoms with Gasteiger partial charge in [0.1, 0.15) is 13.2 Å². The minimum Gasteiger partial charge on any atom is -0.486 e. The van der Waals surface area contributed by atoms with Gasteiger partial charge in [-0.15, -0.1) is 0 Å². The first kappa shape index (κ1) is 12.3. The Labute approximate surface area is 112 Å². The van der Waals surface area contributed by atoms with Gasteiger partial charge in [-0.1, -0.05) is 6.07 Å². The van der Waals surface area contributed by atoms with Crippen LogP contribution in [0.2, 0.25) is 0 Å². The molecule has 1 saturated heterocycles. The molecule has 0 aromatic heterocycles. The summed E-state index contributed by atoms with van der Waals surface area (Å²) < 4.78 is 11.1. The molecule has 0 spiro atoms. The molecule has 0 bridgehead atoms. The molecule has 2 aliphatic rings. The van der Waals surface area contributed by atoms with Crippen molar-refractivity contribution in [3.8, 4) is 11.5 Å². The van der Waals surface area contributed by atoms with Crippen molar-refractivity contribution < 1.29 is 14.3 Å². The smallest absolute Gasteiger partial charge is 0.234 e. The standard InChI is InChI=1S/C14H18N2O3/c15-14(17)11-2-1-5-16(11)9-10-3-4-12-13(8-10)19-7-6-18-12/h3-4,8,11H,1-2,5-7,9H2,(H2,15,17). The second-order valence-electron chi connectivity index (χ2n) is 5.01. The van der Waals surface area contributed by atoms with Gasteiger partial charge < -0.3 is 15.2 Å². The third-order valence-corrected chi connectivity index (χ3v) is 3.68. The fourth-order valence-corrected chi connectivity index (χ4v) is 2.76. The fourth-order valence-electron chi connectivity index (χ4n) is 2.76. The van der Waals surface area contributed by atoms with E-state index in [0.717, 1.165) is 43.0 Å². The molecule has 1 aromatic carbocycles. The van der Waals surface area contributed by atoms with Crippen molar-refractivity contribution in [3.05, 3.63) is 23.8 Å². The molecule has 1 atom stereocenters. The lowest BCUT2D eigenvalue weighted by Gasteiger charge is -2.23. The molecule has 2 heterocycles. The lowest BCUT2D eigenvalue weighted by Crippen LogP contribution is -2.39. The summed E-state index contributed by atoms with van der Waals surface area (Å²) in [6.07, 6.45) is 1.89. The molecule has 0 radical (unpaired) electrons. The Morgan fingerprint density at radius 2 is 2.11 bits per heavy atom. The number of primary amides is 1. The maximum atomic E-state index is 11.4. The summed E-state index contributed by atoms with van der Waals surface area (Å²) in [5, 5.41) is 0. The number of hydrogen-bond acceptors (Lipinski definition) is 4. The number of nitrogens with two attached hydrogens (primary N) is 1. The van der Waals surface area contributed by atoms with Gasteiger partial charge in [0.05, 0.1) is 6.04 Å². The lowest BCUT2D eigenvalue weighted by molar-refractivity contribution is -0.122. The predicted molar refractivity (Wildman–Crippen MR) is 70.1 cm³/mol. The zero-order chi connectivity index (χ0) is 13.2. The van der Waals surface area contributed by atoms with Crippen LogP contribution in [0.3, 0.4) is 0 Å². The molecule has 2 aliphatic heterocycles. The average Bonchev–Trinajstić information content (AvgIpc) is 2.87. The monoisotopic (exact) mass is 262 g/mol. The number of likely N-dealkylation sites (tertiary alicyclic amines) is 1. The lowest BCUT2D eigenvalue weighted by atomic mass is 10.1. The first-order valence-electron chi connectivity index (χ1n) is 6.66. The quantitative estimate of drug-likeness (QED) is 0.879. The Hall–Kier alpha value is -1.75. The number of carbonyl (C=O) groups excluding carboxylic acids is 1. The van der Waals surface area contributed by atoms with Crippen LogP contribution in [0, 0.1) is 0 Å². The van der Waals surface area contributed by atoms with Gasteiger partial charge in [-0.3, -0.25) is 9.69 Å². The fraction of sp³-hybridized carbons (Fsp3) is 0.500. The van der Waals surface area contributed by atoms with E-state index in [1.54, 1.807) is 0 Å². The Morgan fingerprint density at radius 1 is 1.32 bits per heavy atom. The van der Waals surface area contributed by atoms with Crippen LogP contribution in [0.4, 0.5) is 0 Å². The summed E-state index contributed by atoms with van der Waals surface area (Å²) in [6.45, 7) is 2.83. The highest BCUT2D eigenvalue weighted by Gasteiger charge is 2.29. The van der Waals surface area contributed by atoms with Crippen LogP contribution in [-0.2, 0) is 11.3 Å². The third kappa shape index (κ3) is 2.51. The Kier molecular flexibility index (Phi) is 3.29. The topological polar surface area (TPSA) is 64.8 Å². The number of hydrogen-bond donors (Lipinski definition) is 1. The van der Waals surface area contributed by atoms with E-state index in [9.17, 15) is 4.79 Å². The largest absolute Gasteiger partial charge is 0.486 e. The third-order valence-electron chi connectivity index (χ3n) is 3.68. The number of fused-ring (bicyclic) bond motifs is 1. The van der Waals surface area contributed by atoms with E-state index in [0.29, 0.717) is 13.2 Å². The predicted octanol–water partition coefficient (Wildman–Crippen LogP) is 0.907. The second-order valence-corrected chi connectivity index (χ2v) is 5.01. The van der Waals surface area contributed by atoms with Crippen molar-refractivity contribution in [2.24, 2.45) is 5.73 Å². The number of amides is 1. The van der Waals surface area contributed by atoms with Crippen LogP contribution >= 0.6 is 0 Å². The van der Waals surface area contributed by atoms with Crippen molar-refractivity contribution in [2.75, 3.05) is 19.8 Å². The number of benzene rings is 1. The Bertz CT molecular complexity index is 490. The summed E-state index contributed by atoms with van der Waals surface area (Å²) >= 11 is 0. The normalized spacial score (nSPS) is 22.4. The number of ether oxygens (including phenoxy) is 2. The van der Waals surface area contributed by atoms with Crippen LogP contribution in [0.5, 0.6) is 11.5 Å². The van der Waals surface area contributed by atoms with Crippen molar-refractivity contribution in [1.82, 2.24) is 4.90 Å². The van der Waals surface area contributed by atoms with E-state index in [-0.39, 0.29) is 11.9 Å². The number of carbonyl (C=O) groups is 1. The van der Waals surface area contributed by atoms with E-state index >= 15 is 0 Å². The Morgan fingerprint density at radius 3 is 2.89 bits per heavy atom. The van der Waals surface area contributed by atoms with E-state index in [1.165, 1.54) is 0 Å². The zero-order valence-electron chi connectivity index (χ0n) is 10.8. The van der Waals surface area contributed by atoms with Crippen molar-refractivity contribution >= 4 is 5.91 Å². The molecule has 0 saturated carbocycles. The van der Waals surface area contributed by atoms with Gasteiger partial charge in [0.25, 0.3) is 0 Å². The van der Waals surface area contributed by atoms with Gasteiger partial charge in [0, 0.05) is 6.54 Å². The van der Waals surface area contributed by atoms with Gasteiger partial charge in [0.2, 0.25) is 5.91 Å². The van der Waals surface area contributed by atoms with Crippen LogP contribution < -0.4 is 15.2 Å². The molecule has 0 aliphatic carbocycles. The van der Waals surface area contributed by atoms with E-state index in [1.807, 2.05) is 18.2 Å². The molecule has 2 N–H and O–H groups in total. The van der Waals surface area contributed by atoms with Crippen LogP contribution in [-0.4, -0.2) is 36.6 Å². The zero-order valence-corrected chi connectivity index (χ0v) is 10.8. The van der Waals surface area contributed by atoms with Crippen LogP contribution in [0.1, 0.15) is 18.4 Å². The number of rotatable bonds is 3. The molecule has 1 fully saturated rings. The molecule has 3 rings (SSSR count). The first-order chi connectivity index (χ1) is 9.24. The summed E-state index contributed by atoms with van der Waals surface area (Å²) in [5.74, 6) is 1.36. The van der Waals surface area contributed by atoms with Gasteiger partial charge in [-0.05, 0) is 37.1 Å². The summed E-state index contributed by atoms with van der Waals surface area (Å²) in [4.78, 5) is 13.5. The molecular weight excluding hydrogens is 244 g/mol. The molecule has 5 nitrogen and oxygen atoms in total. The highest BCUT2D eigenvalue weighted by Crippen LogP contribution is 2.31. The molecule has 1 aromatic rings. The minimum absolute atomic E-state index is 0.131. The summed E-state index contributed by atoms with van der Waals surface area (Å²) in [5.41, 5.74) is 6.55. The molecule has 102 valence electrons. The van der Waals surface area contributed by atoms with Gasteiger partial charge in [0.15, 0.2) is 11.5 Å². The number of nitrogens with zero attached hydrogens (tertiary/aromatic N) is 1. The molecule has 1 amide bonds. The molecular formula is C14H18N2O3. The van der Waals surface area contributed by atoms with Crippen LogP contribution in [0.15, 0.2) is 18.2 Å². The molecule has 5 heteroatoms. The SMILES string of the molecule is NC(=O)C1CCCN1Cc1ccc2c(c1)OCCO2. The van der Waals surface area contributed by atoms with Crippen LogP contribution in [0.25, 0.3) is 0 Å². The highest BCUT2D eigenvalue weighted by molar-refractivity contribution is 5.80. The maximum absolute atomic E-state index is 11.4. The van der Waals surface area contributed by atoms with Crippen molar-refractivity contribution in [1.29, 1.82) is 0 Å². The average molecular weight is 262 g/mol. The van der Waals surface area contributed by atoms with Gasteiger partial charge in [-0.2, -0.15) is 0 Å². The van der Waals surface area contributed by atoms with Gasteiger partial charge >= 0.3 is 0 Å². The van der Waals surface area contributed by atoms with Gasteiger partial charge in [-0.25, -0.2) is 0 Å². The van der Waals surface area contributed by atoms with Crippen molar-refractivity contribution in [2.45, 2.75) is 25.4 Å². The summed E-state index contributed by atoms with van der Waals surface area (Å²) in [6, 6.07) is 5.81. The van der Waals surface area contributed by atoms with Crippen molar-refractivity contribution in [3.63, 3.8) is 0 Å². The Balaban J connectivity index is 1.74. The van der Waals surface area contributed by atoms with E-state index < -0.39 is 0 Å². The van der Waals surface area contributed by atoms with E-state index in [4.69, 9.17) is 15.2 Å². The molecule has 1 unspecified atom stereocenters. The summed E-state index contributed by atoms with van der Waals surface area (Å²) in [7, 11) is 0. The highest BCUT2D eigenvalue weighted by atomic mass is 16.6. The maximum Gasteiger partial charge on any atom is 0.234 e. The first-order valence-corrected chi connectivity index (χ1v) is 6.66. The molecule has 19 heavy (non-hydrogen) atoms. The van der Waals surface area contributed by atoms with E-state index in [2.05, 4.69) is 4.90 Å².